The molecule has 8 heteroatoms. The number of aromatic nitrogens is 2. The maximum absolute atomic E-state index is 10.7. The van der Waals surface area contributed by atoms with E-state index in [2.05, 4.69) is 15.3 Å². The SMILES string of the molecule is COc1ccc(-c2csc3ncnc(NCCC(=O)O)c23)cc1OC. The number of hydrogen-bond acceptors (Lipinski definition) is 7. The third-order valence-corrected chi connectivity index (χ3v) is 4.58. The molecular weight excluding hydrogens is 342 g/mol. The molecule has 0 atom stereocenters. The molecule has 0 aliphatic rings. The Labute approximate surface area is 148 Å². The third-order valence-electron chi connectivity index (χ3n) is 3.70. The molecule has 0 spiro atoms. The molecule has 0 saturated heterocycles. The zero-order valence-electron chi connectivity index (χ0n) is 13.8. The Kier molecular flexibility index (Phi) is 4.99. The first kappa shape index (κ1) is 17.0. The maximum Gasteiger partial charge on any atom is 0.305 e. The number of carboxylic acid groups (broad SMARTS) is 1. The highest BCUT2D eigenvalue weighted by atomic mass is 32.1. The highest BCUT2D eigenvalue weighted by molar-refractivity contribution is 7.17. The number of ether oxygens (including phenoxy) is 2. The van der Waals surface area contributed by atoms with Gasteiger partial charge in [0.1, 0.15) is 17.0 Å². The number of anilines is 1. The Hall–Kier alpha value is -2.87. The molecule has 0 amide bonds. The van der Waals surface area contributed by atoms with Crippen molar-refractivity contribution in [3.05, 3.63) is 29.9 Å². The summed E-state index contributed by atoms with van der Waals surface area (Å²) in [5.41, 5.74) is 1.90. The van der Waals surface area contributed by atoms with Crippen LogP contribution in [0.25, 0.3) is 21.3 Å². The van der Waals surface area contributed by atoms with E-state index < -0.39 is 5.97 Å². The van der Waals surface area contributed by atoms with Gasteiger partial charge < -0.3 is 19.9 Å². The lowest BCUT2D eigenvalue weighted by Crippen LogP contribution is -2.09. The molecule has 1 aromatic carbocycles. The smallest absolute Gasteiger partial charge is 0.305 e. The monoisotopic (exact) mass is 359 g/mol. The van der Waals surface area contributed by atoms with Gasteiger partial charge in [-0.3, -0.25) is 4.79 Å². The Morgan fingerprint density at radius 3 is 2.76 bits per heavy atom. The average molecular weight is 359 g/mol. The number of benzene rings is 1. The lowest BCUT2D eigenvalue weighted by atomic mass is 10.1. The quantitative estimate of drug-likeness (QED) is 0.669. The minimum Gasteiger partial charge on any atom is -0.493 e. The van der Waals surface area contributed by atoms with E-state index in [1.54, 1.807) is 14.2 Å². The van der Waals surface area contributed by atoms with Gasteiger partial charge in [-0.25, -0.2) is 9.97 Å². The first-order chi connectivity index (χ1) is 12.1. The van der Waals surface area contributed by atoms with Crippen LogP contribution in [-0.4, -0.2) is 41.8 Å². The van der Waals surface area contributed by atoms with Crippen molar-refractivity contribution in [3.63, 3.8) is 0 Å². The Bertz CT molecular complexity index is 910. The van der Waals surface area contributed by atoms with Crippen LogP contribution in [0, 0.1) is 0 Å². The van der Waals surface area contributed by atoms with E-state index in [0.717, 1.165) is 21.3 Å². The lowest BCUT2D eigenvalue weighted by Gasteiger charge is -2.10. The van der Waals surface area contributed by atoms with Crippen LogP contribution in [0.15, 0.2) is 29.9 Å². The fourth-order valence-corrected chi connectivity index (χ4v) is 3.43. The van der Waals surface area contributed by atoms with Gasteiger partial charge in [-0.15, -0.1) is 11.3 Å². The van der Waals surface area contributed by atoms with Crippen molar-refractivity contribution < 1.29 is 19.4 Å². The lowest BCUT2D eigenvalue weighted by molar-refractivity contribution is -0.136. The zero-order valence-corrected chi connectivity index (χ0v) is 14.6. The molecule has 0 saturated carbocycles. The van der Waals surface area contributed by atoms with Crippen LogP contribution < -0.4 is 14.8 Å². The van der Waals surface area contributed by atoms with E-state index in [1.807, 2.05) is 23.6 Å². The van der Waals surface area contributed by atoms with Crippen LogP contribution in [0.2, 0.25) is 0 Å². The van der Waals surface area contributed by atoms with Crippen LogP contribution in [0.1, 0.15) is 6.42 Å². The molecule has 25 heavy (non-hydrogen) atoms. The molecule has 2 N–H and O–H groups in total. The number of aliphatic carboxylic acids is 1. The third kappa shape index (κ3) is 3.48. The second-order valence-electron chi connectivity index (χ2n) is 5.19. The Morgan fingerprint density at radius 2 is 2.04 bits per heavy atom. The van der Waals surface area contributed by atoms with E-state index in [9.17, 15) is 4.79 Å². The molecule has 3 rings (SSSR count). The second kappa shape index (κ2) is 7.35. The summed E-state index contributed by atoms with van der Waals surface area (Å²) < 4.78 is 10.7. The van der Waals surface area contributed by atoms with Crippen LogP contribution in [0.3, 0.4) is 0 Å². The number of carbonyl (C=O) groups is 1. The number of nitrogens with zero attached hydrogens (tertiary/aromatic N) is 2. The van der Waals surface area contributed by atoms with Gasteiger partial charge in [0.15, 0.2) is 11.5 Å². The minimum absolute atomic E-state index is 0.0152. The van der Waals surface area contributed by atoms with Crippen LogP contribution >= 0.6 is 11.3 Å². The number of hydrogen-bond donors (Lipinski definition) is 2. The fraction of sp³-hybridized carbons (Fsp3) is 0.235. The largest absolute Gasteiger partial charge is 0.493 e. The van der Waals surface area contributed by atoms with E-state index in [0.29, 0.717) is 23.9 Å². The maximum atomic E-state index is 10.7. The number of rotatable bonds is 7. The predicted molar refractivity (Wildman–Crippen MR) is 96.7 cm³/mol. The van der Waals surface area contributed by atoms with Gasteiger partial charge >= 0.3 is 5.97 Å². The minimum atomic E-state index is -0.858. The number of methoxy groups -OCH3 is 2. The number of thiophene rings is 1. The first-order valence-corrected chi connectivity index (χ1v) is 8.42. The number of nitrogens with one attached hydrogen (secondary N) is 1. The van der Waals surface area contributed by atoms with Crippen LogP contribution in [0.5, 0.6) is 11.5 Å². The van der Waals surface area contributed by atoms with Gasteiger partial charge in [0.25, 0.3) is 0 Å². The summed E-state index contributed by atoms with van der Waals surface area (Å²) >= 11 is 1.51. The molecule has 0 bridgehead atoms. The summed E-state index contributed by atoms with van der Waals surface area (Å²) in [6.45, 7) is 0.294. The highest BCUT2D eigenvalue weighted by Crippen LogP contribution is 2.39. The molecule has 2 heterocycles. The molecule has 0 radical (unpaired) electrons. The summed E-state index contributed by atoms with van der Waals surface area (Å²) in [6.07, 6.45) is 1.49. The van der Waals surface area contributed by atoms with Crippen molar-refractivity contribution in [2.45, 2.75) is 6.42 Å². The molecular formula is C17H17N3O4S. The predicted octanol–water partition coefficient (Wildman–Crippen LogP) is 3.26. The van der Waals surface area contributed by atoms with Crippen LogP contribution in [-0.2, 0) is 4.79 Å². The molecule has 130 valence electrons. The average Bonchev–Trinajstić information content (AvgIpc) is 3.06. The van der Waals surface area contributed by atoms with Gasteiger partial charge in [0, 0.05) is 17.5 Å². The molecule has 0 aliphatic heterocycles. The molecule has 0 aliphatic carbocycles. The van der Waals surface area contributed by atoms with Crippen molar-refractivity contribution in [1.29, 1.82) is 0 Å². The summed E-state index contributed by atoms with van der Waals surface area (Å²) in [6, 6.07) is 5.68. The molecule has 0 fully saturated rings. The van der Waals surface area contributed by atoms with Gasteiger partial charge in [0.2, 0.25) is 0 Å². The zero-order chi connectivity index (χ0) is 17.8. The fourth-order valence-electron chi connectivity index (χ4n) is 2.51. The molecule has 3 aromatic rings. The summed E-state index contributed by atoms with van der Waals surface area (Å²) in [7, 11) is 3.19. The standard InChI is InChI=1S/C17H17N3O4S/c1-23-12-4-3-10(7-13(12)24-2)11-8-25-17-15(11)16(19-9-20-17)18-6-5-14(21)22/h3-4,7-9H,5-6H2,1-2H3,(H,21,22)(H,18,19,20). The normalized spacial score (nSPS) is 10.6. The first-order valence-electron chi connectivity index (χ1n) is 7.54. The van der Waals surface area contributed by atoms with Gasteiger partial charge in [0.05, 0.1) is 26.0 Å². The topological polar surface area (TPSA) is 93.6 Å². The van der Waals surface area contributed by atoms with E-state index in [-0.39, 0.29) is 6.42 Å². The summed E-state index contributed by atoms with van der Waals surface area (Å²) in [5, 5.41) is 14.8. The van der Waals surface area contributed by atoms with Crippen molar-refractivity contribution in [2.75, 3.05) is 26.1 Å². The molecule has 0 unspecified atom stereocenters. The Balaban J connectivity index is 2.03. The van der Waals surface area contributed by atoms with Crippen molar-refractivity contribution in [3.8, 4) is 22.6 Å². The van der Waals surface area contributed by atoms with E-state index in [4.69, 9.17) is 14.6 Å². The van der Waals surface area contributed by atoms with Crippen molar-refractivity contribution in [1.82, 2.24) is 9.97 Å². The number of fused-ring (bicyclic) bond motifs is 1. The molecule has 2 aromatic heterocycles. The number of carboxylic acids is 1. The van der Waals surface area contributed by atoms with Crippen molar-refractivity contribution in [2.24, 2.45) is 0 Å². The van der Waals surface area contributed by atoms with Gasteiger partial charge in [-0.1, -0.05) is 6.07 Å². The van der Waals surface area contributed by atoms with E-state index in [1.165, 1.54) is 17.7 Å². The van der Waals surface area contributed by atoms with E-state index >= 15 is 0 Å². The Morgan fingerprint density at radius 1 is 1.24 bits per heavy atom. The van der Waals surface area contributed by atoms with Crippen molar-refractivity contribution >= 4 is 33.3 Å². The van der Waals surface area contributed by atoms with Gasteiger partial charge in [-0.05, 0) is 17.7 Å². The second-order valence-corrected chi connectivity index (χ2v) is 6.05. The highest BCUT2D eigenvalue weighted by Gasteiger charge is 2.15. The molecule has 7 nitrogen and oxygen atoms in total. The van der Waals surface area contributed by atoms with Gasteiger partial charge in [-0.2, -0.15) is 0 Å². The summed E-state index contributed by atoms with van der Waals surface area (Å²) in [4.78, 5) is 20.1. The summed E-state index contributed by atoms with van der Waals surface area (Å²) in [5.74, 6) is 1.05. The van der Waals surface area contributed by atoms with Crippen LogP contribution in [0.4, 0.5) is 5.82 Å².